The molecule has 7 heteroatoms. The van der Waals surface area contributed by atoms with Crippen LogP contribution in [0, 0.1) is 0 Å². The molecule has 6 nitrogen and oxygen atoms in total. The second-order valence-corrected chi connectivity index (χ2v) is 7.03. The van der Waals surface area contributed by atoms with Gasteiger partial charge in [-0.3, -0.25) is 9.78 Å². The van der Waals surface area contributed by atoms with E-state index in [2.05, 4.69) is 15.1 Å². The number of benzene rings is 1. The number of nitrogens with zero attached hydrogens (tertiary/aromatic N) is 4. The maximum atomic E-state index is 15.6. The van der Waals surface area contributed by atoms with Crippen LogP contribution in [0.3, 0.4) is 0 Å². The molecule has 0 saturated carbocycles. The third-order valence-corrected chi connectivity index (χ3v) is 5.01. The third-order valence-electron chi connectivity index (χ3n) is 5.01. The molecule has 1 amide bonds. The highest BCUT2D eigenvalue weighted by Gasteiger charge is 2.43. The zero-order valence-electron chi connectivity index (χ0n) is 15.4. The first-order chi connectivity index (χ1) is 13.6. The van der Waals surface area contributed by atoms with E-state index in [0.29, 0.717) is 37.2 Å². The molecule has 1 aromatic carbocycles. The molecule has 4 rings (SSSR count). The Hall–Kier alpha value is -3.09. The smallest absolute Gasteiger partial charge is 0.266 e. The van der Waals surface area contributed by atoms with Crippen molar-refractivity contribution in [2.45, 2.75) is 31.4 Å². The second-order valence-electron chi connectivity index (χ2n) is 7.03. The number of carbonyl (C=O) groups excluding carboxylic acids is 1. The molecule has 1 aliphatic heterocycles. The molecular weight excluding hydrogens is 359 g/mol. The minimum absolute atomic E-state index is 0.0561. The lowest BCUT2D eigenvalue weighted by atomic mass is 9.94. The molecule has 2 aromatic heterocycles. The number of carbonyl (C=O) groups is 1. The third kappa shape index (κ3) is 3.93. The predicted octanol–water partition coefficient (Wildman–Crippen LogP) is 3.55. The standard InChI is InChI=1S/C21H21FN4O2/c22-21(20-24-19(25-28-20)17-9-12-23-13-10-17)11-4-14-26(15-21)18(27)8-7-16-5-2-1-3-6-16/h1-3,5-6,9-10,12-13H,4,7-8,11,14-15H2. The average Bonchev–Trinajstić information content (AvgIpc) is 3.25. The molecule has 3 heterocycles. The fourth-order valence-corrected chi connectivity index (χ4v) is 3.48. The van der Waals surface area contributed by atoms with Gasteiger partial charge in [-0.1, -0.05) is 35.5 Å². The van der Waals surface area contributed by atoms with Crippen LogP contribution in [-0.4, -0.2) is 39.0 Å². The summed E-state index contributed by atoms with van der Waals surface area (Å²) in [5.41, 5.74) is -0.0164. The Labute approximate surface area is 162 Å². The van der Waals surface area contributed by atoms with Gasteiger partial charge in [0.25, 0.3) is 5.89 Å². The Bertz CT molecular complexity index is 932. The lowest BCUT2D eigenvalue weighted by Gasteiger charge is -2.35. The van der Waals surface area contributed by atoms with Crippen molar-refractivity contribution in [1.82, 2.24) is 20.0 Å². The summed E-state index contributed by atoms with van der Waals surface area (Å²) in [7, 11) is 0. The number of aromatic nitrogens is 3. The van der Waals surface area contributed by atoms with E-state index in [9.17, 15) is 4.79 Å². The molecule has 0 aliphatic carbocycles. The Balaban J connectivity index is 1.44. The summed E-state index contributed by atoms with van der Waals surface area (Å²) in [4.78, 5) is 22.4. The van der Waals surface area contributed by atoms with E-state index in [-0.39, 0.29) is 24.8 Å². The van der Waals surface area contributed by atoms with E-state index in [1.54, 1.807) is 29.4 Å². The van der Waals surface area contributed by atoms with Crippen molar-refractivity contribution in [3.05, 3.63) is 66.3 Å². The lowest BCUT2D eigenvalue weighted by Crippen LogP contribution is -2.46. The summed E-state index contributed by atoms with van der Waals surface area (Å²) >= 11 is 0. The molecule has 1 fully saturated rings. The number of hydrogen-bond donors (Lipinski definition) is 0. The minimum Gasteiger partial charge on any atom is -0.339 e. The largest absolute Gasteiger partial charge is 0.339 e. The summed E-state index contributed by atoms with van der Waals surface area (Å²) in [6.07, 6.45) is 5.04. The number of amides is 1. The molecule has 0 spiro atoms. The molecule has 0 N–H and O–H groups in total. The minimum atomic E-state index is -1.82. The molecule has 144 valence electrons. The summed E-state index contributed by atoms with van der Waals surface area (Å²) < 4.78 is 20.8. The van der Waals surface area contributed by atoms with Gasteiger partial charge < -0.3 is 9.42 Å². The van der Waals surface area contributed by atoms with Crippen LogP contribution in [0.2, 0.25) is 0 Å². The highest BCUT2D eigenvalue weighted by atomic mass is 19.1. The lowest BCUT2D eigenvalue weighted by molar-refractivity contribution is -0.136. The van der Waals surface area contributed by atoms with Crippen LogP contribution in [-0.2, 0) is 16.9 Å². The van der Waals surface area contributed by atoms with Crippen LogP contribution in [0.4, 0.5) is 4.39 Å². The van der Waals surface area contributed by atoms with Crippen molar-refractivity contribution in [3.8, 4) is 11.4 Å². The molecule has 3 aromatic rings. The highest BCUT2D eigenvalue weighted by Crippen LogP contribution is 2.35. The second kappa shape index (κ2) is 7.88. The summed E-state index contributed by atoms with van der Waals surface area (Å²) in [6.45, 7) is 0.489. The van der Waals surface area contributed by atoms with E-state index in [1.165, 1.54) is 0 Å². The van der Waals surface area contributed by atoms with E-state index in [0.717, 1.165) is 5.56 Å². The molecule has 0 radical (unpaired) electrons. The van der Waals surface area contributed by atoms with Crippen LogP contribution >= 0.6 is 0 Å². The van der Waals surface area contributed by atoms with Gasteiger partial charge in [-0.05, 0) is 37.0 Å². The maximum absolute atomic E-state index is 15.6. The first-order valence-electron chi connectivity index (χ1n) is 9.39. The Morgan fingerprint density at radius 2 is 1.96 bits per heavy atom. The molecule has 1 unspecified atom stereocenters. The van der Waals surface area contributed by atoms with Gasteiger partial charge in [0.05, 0.1) is 6.54 Å². The molecule has 1 aliphatic rings. The van der Waals surface area contributed by atoms with Gasteiger partial charge in [0, 0.05) is 30.9 Å². The van der Waals surface area contributed by atoms with Crippen LogP contribution in [0.5, 0.6) is 0 Å². The van der Waals surface area contributed by atoms with Crippen molar-refractivity contribution in [2.75, 3.05) is 13.1 Å². The first-order valence-corrected chi connectivity index (χ1v) is 9.39. The van der Waals surface area contributed by atoms with E-state index in [1.807, 2.05) is 30.3 Å². The first kappa shape index (κ1) is 18.3. The predicted molar refractivity (Wildman–Crippen MR) is 101 cm³/mol. The zero-order chi connectivity index (χ0) is 19.4. The maximum Gasteiger partial charge on any atom is 0.266 e. The van der Waals surface area contributed by atoms with Crippen LogP contribution < -0.4 is 0 Å². The van der Waals surface area contributed by atoms with E-state index in [4.69, 9.17) is 4.52 Å². The van der Waals surface area contributed by atoms with Crippen LogP contribution in [0.1, 0.15) is 30.7 Å². The number of alkyl halides is 1. The normalized spacial score (nSPS) is 19.5. The number of aryl methyl sites for hydroxylation is 1. The molecule has 28 heavy (non-hydrogen) atoms. The van der Waals surface area contributed by atoms with Crippen LogP contribution in [0.25, 0.3) is 11.4 Å². The van der Waals surface area contributed by atoms with Crippen LogP contribution in [0.15, 0.2) is 59.4 Å². The van der Waals surface area contributed by atoms with Gasteiger partial charge in [-0.15, -0.1) is 0 Å². The Kier molecular flexibility index (Phi) is 5.14. The number of pyridine rings is 1. The molecule has 1 saturated heterocycles. The molecule has 1 atom stereocenters. The quantitative estimate of drug-likeness (QED) is 0.677. The van der Waals surface area contributed by atoms with Gasteiger partial charge in [0.15, 0.2) is 0 Å². The average molecular weight is 380 g/mol. The molecular formula is C21H21FN4O2. The van der Waals surface area contributed by atoms with Crippen molar-refractivity contribution < 1.29 is 13.7 Å². The highest BCUT2D eigenvalue weighted by molar-refractivity contribution is 5.76. The monoisotopic (exact) mass is 380 g/mol. The number of likely N-dealkylation sites (tertiary alicyclic amines) is 1. The van der Waals surface area contributed by atoms with E-state index >= 15 is 4.39 Å². The van der Waals surface area contributed by atoms with Gasteiger partial charge in [-0.2, -0.15) is 4.98 Å². The van der Waals surface area contributed by atoms with Gasteiger partial charge in [-0.25, -0.2) is 4.39 Å². The summed E-state index contributed by atoms with van der Waals surface area (Å²) in [5, 5.41) is 3.90. The number of rotatable bonds is 5. The molecule has 0 bridgehead atoms. The van der Waals surface area contributed by atoms with Crippen molar-refractivity contribution >= 4 is 5.91 Å². The Morgan fingerprint density at radius 3 is 2.75 bits per heavy atom. The van der Waals surface area contributed by atoms with Gasteiger partial charge in [0.1, 0.15) is 0 Å². The van der Waals surface area contributed by atoms with Crippen molar-refractivity contribution in [3.63, 3.8) is 0 Å². The summed E-state index contributed by atoms with van der Waals surface area (Å²) in [6, 6.07) is 13.3. The van der Waals surface area contributed by atoms with Gasteiger partial charge >= 0.3 is 0 Å². The van der Waals surface area contributed by atoms with Crippen molar-refractivity contribution in [1.29, 1.82) is 0 Å². The zero-order valence-corrected chi connectivity index (χ0v) is 15.4. The van der Waals surface area contributed by atoms with E-state index < -0.39 is 5.67 Å². The number of halogens is 1. The number of piperidine rings is 1. The van der Waals surface area contributed by atoms with Gasteiger partial charge in [0.2, 0.25) is 17.4 Å². The fourth-order valence-electron chi connectivity index (χ4n) is 3.48. The number of hydrogen-bond acceptors (Lipinski definition) is 5. The SMILES string of the molecule is O=C(CCc1ccccc1)N1CCCC(F)(c2nc(-c3ccncc3)no2)C1. The fraction of sp³-hybridized carbons (Fsp3) is 0.333. The Morgan fingerprint density at radius 1 is 1.18 bits per heavy atom. The van der Waals surface area contributed by atoms with Crippen molar-refractivity contribution in [2.24, 2.45) is 0 Å². The topological polar surface area (TPSA) is 72.1 Å². The summed E-state index contributed by atoms with van der Waals surface area (Å²) in [5.74, 6) is 0.196.